The van der Waals surface area contributed by atoms with E-state index in [4.69, 9.17) is 11.6 Å². The zero-order valence-corrected chi connectivity index (χ0v) is 11.0. The van der Waals surface area contributed by atoms with E-state index >= 15 is 0 Å². The minimum absolute atomic E-state index is 0.177. The van der Waals surface area contributed by atoms with Crippen LogP contribution in [0.2, 0.25) is 5.02 Å². The standard InChI is InChI=1S/C12H14ClF2NO2/c1-6(17)12(2,3)16-11(18)7-4-9(14)10(15)5-8(7)13/h4-6,17H,1-3H3,(H,16,18). The largest absolute Gasteiger partial charge is 0.391 e. The quantitative estimate of drug-likeness (QED) is 0.834. The van der Waals surface area contributed by atoms with Crippen molar-refractivity contribution >= 4 is 17.5 Å². The number of aliphatic hydroxyl groups is 1. The zero-order chi connectivity index (χ0) is 14.1. The van der Waals surface area contributed by atoms with Crippen LogP contribution in [0.3, 0.4) is 0 Å². The third kappa shape index (κ3) is 3.17. The SMILES string of the molecule is CC(O)C(C)(C)NC(=O)c1cc(F)c(F)cc1Cl. The van der Waals surface area contributed by atoms with E-state index in [-0.39, 0.29) is 10.6 Å². The molecule has 18 heavy (non-hydrogen) atoms. The molecule has 6 heteroatoms. The average Bonchev–Trinajstić information content (AvgIpc) is 2.22. The van der Waals surface area contributed by atoms with Gasteiger partial charge in [-0.2, -0.15) is 0 Å². The Morgan fingerprint density at radius 3 is 2.39 bits per heavy atom. The molecule has 1 aromatic carbocycles. The first-order valence-electron chi connectivity index (χ1n) is 5.30. The van der Waals surface area contributed by atoms with Gasteiger partial charge >= 0.3 is 0 Å². The monoisotopic (exact) mass is 277 g/mol. The molecule has 0 heterocycles. The Bertz CT molecular complexity index is 475. The first-order valence-corrected chi connectivity index (χ1v) is 5.68. The van der Waals surface area contributed by atoms with E-state index in [9.17, 15) is 18.7 Å². The second kappa shape index (κ2) is 5.20. The summed E-state index contributed by atoms with van der Waals surface area (Å²) in [6, 6.07) is 1.46. The van der Waals surface area contributed by atoms with Gasteiger partial charge in [-0.25, -0.2) is 8.78 Å². The summed E-state index contributed by atoms with van der Waals surface area (Å²) in [5, 5.41) is 11.8. The van der Waals surface area contributed by atoms with E-state index in [1.165, 1.54) is 6.92 Å². The summed E-state index contributed by atoms with van der Waals surface area (Å²) in [7, 11) is 0. The lowest BCUT2D eigenvalue weighted by atomic mass is 9.98. The number of hydrogen-bond donors (Lipinski definition) is 2. The fourth-order valence-corrected chi connectivity index (χ4v) is 1.40. The Morgan fingerprint density at radius 2 is 1.89 bits per heavy atom. The number of halogens is 3. The summed E-state index contributed by atoms with van der Waals surface area (Å²) in [5.41, 5.74) is -1.09. The molecule has 0 bridgehead atoms. The number of nitrogens with one attached hydrogen (secondary N) is 1. The fourth-order valence-electron chi connectivity index (χ4n) is 1.16. The number of aliphatic hydroxyl groups excluding tert-OH is 1. The van der Waals surface area contributed by atoms with Gasteiger partial charge < -0.3 is 10.4 Å². The molecule has 2 N–H and O–H groups in total. The van der Waals surface area contributed by atoms with Crippen LogP contribution < -0.4 is 5.32 Å². The molecule has 1 atom stereocenters. The van der Waals surface area contributed by atoms with Gasteiger partial charge in [0.25, 0.3) is 5.91 Å². The van der Waals surface area contributed by atoms with Crippen LogP contribution in [-0.2, 0) is 0 Å². The number of carbonyl (C=O) groups excluding carboxylic acids is 1. The molecule has 0 aromatic heterocycles. The summed E-state index contributed by atoms with van der Waals surface area (Å²) in [4.78, 5) is 11.9. The molecule has 0 fully saturated rings. The maximum absolute atomic E-state index is 13.0. The van der Waals surface area contributed by atoms with Gasteiger partial charge in [0.05, 0.1) is 22.2 Å². The highest BCUT2D eigenvalue weighted by Crippen LogP contribution is 2.21. The van der Waals surface area contributed by atoms with Crippen LogP contribution in [0.15, 0.2) is 12.1 Å². The minimum Gasteiger partial charge on any atom is -0.391 e. The second-order valence-electron chi connectivity index (χ2n) is 4.60. The molecular formula is C12H14ClF2NO2. The van der Waals surface area contributed by atoms with Crippen molar-refractivity contribution in [3.63, 3.8) is 0 Å². The van der Waals surface area contributed by atoms with Crippen molar-refractivity contribution in [3.05, 3.63) is 34.4 Å². The fraction of sp³-hybridized carbons (Fsp3) is 0.417. The molecule has 0 spiro atoms. The van der Waals surface area contributed by atoms with Gasteiger partial charge in [-0.05, 0) is 32.9 Å². The third-order valence-corrected chi connectivity index (χ3v) is 3.05. The number of hydrogen-bond acceptors (Lipinski definition) is 2. The molecule has 1 amide bonds. The van der Waals surface area contributed by atoms with Crippen molar-refractivity contribution in [1.82, 2.24) is 5.32 Å². The summed E-state index contributed by atoms with van der Waals surface area (Å²) in [5.74, 6) is -2.95. The second-order valence-corrected chi connectivity index (χ2v) is 5.01. The highest BCUT2D eigenvalue weighted by atomic mass is 35.5. The van der Waals surface area contributed by atoms with Gasteiger partial charge in [0.15, 0.2) is 11.6 Å². The van der Waals surface area contributed by atoms with Gasteiger partial charge in [0, 0.05) is 0 Å². The molecule has 0 radical (unpaired) electrons. The van der Waals surface area contributed by atoms with E-state index in [0.717, 1.165) is 12.1 Å². The van der Waals surface area contributed by atoms with E-state index < -0.39 is 29.2 Å². The summed E-state index contributed by atoms with van der Waals surface area (Å²) in [6.45, 7) is 4.71. The van der Waals surface area contributed by atoms with E-state index in [1.54, 1.807) is 13.8 Å². The van der Waals surface area contributed by atoms with Crippen molar-refractivity contribution in [3.8, 4) is 0 Å². The lowest BCUT2D eigenvalue weighted by Crippen LogP contribution is -2.51. The molecule has 1 rings (SSSR count). The number of carbonyl (C=O) groups is 1. The van der Waals surface area contributed by atoms with Crippen molar-refractivity contribution in [2.75, 3.05) is 0 Å². The predicted molar refractivity (Wildman–Crippen MR) is 64.6 cm³/mol. The molecule has 0 aliphatic heterocycles. The molecular weight excluding hydrogens is 264 g/mol. The first-order chi connectivity index (χ1) is 8.15. The Balaban J connectivity index is 3.02. The maximum atomic E-state index is 13.0. The van der Waals surface area contributed by atoms with Gasteiger partial charge in [-0.15, -0.1) is 0 Å². The van der Waals surface area contributed by atoms with Crippen LogP contribution in [0.25, 0.3) is 0 Å². The van der Waals surface area contributed by atoms with Crippen molar-refractivity contribution in [2.45, 2.75) is 32.4 Å². The molecule has 1 unspecified atom stereocenters. The van der Waals surface area contributed by atoms with Crippen LogP contribution in [0.4, 0.5) is 8.78 Å². The van der Waals surface area contributed by atoms with Crippen molar-refractivity contribution < 1.29 is 18.7 Å². The minimum atomic E-state index is -1.15. The van der Waals surface area contributed by atoms with Gasteiger partial charge in [0.1, 0.15) is 0 Å². The molecule has 0 aliphatic carbocycles. The third-order valence-electron chi connectivity index (χ3n) is 2.73. The van der Waals surface area contributed by atoms with Crippen molar-refractivity contribution in [2.24, 2.45) is 0 Å². The highest BCUT2D eigenvalue weighted by Gasteiger charge is 2.27. The topological polar surface area (TPSA) is 49.3 Å². The van der Waals surface area contributed by atoms with E-state index in [0.29, 0.717) is 0 Å². The van der Waals surface area contributed by atoms with Crippen LogP contribution >= 0.6 is 11.6 Å². The van der Waals surface area contributed by atoms with E-state index in [1.807, 2.05) is 0 Å². The molecule has 3 nitrogen and oxygen atoms in total. The smallest absolute Gasteiger partial charge is 0.253 e. The van der Waals surface area contributed by atoms with Crippen LogP contribution in [0, 0.1) is 11.6 Å². The van der Waals surface area contributed by atoms with Gasteiger partial charge in [-0.1, -0.05) is 11.6 Å². The molecule has 0 aliphatic rings. The maximum Gasteiger partial charge on any atom is 0.253 e. The van der Waals surface area contributed by atoms with Crippen LogP contribution in [0.1, 0.15) is 31.1 Å². The zero-order valence-electron chi connectivity index (χ0n) is 10.2. The summed E-state index contributed by atoms with van der Waals surface area (Å²) in [6.07, 6.45) is -0.814. The summed E-state index contributed by atoms with van der Waals surface area (Å²) < 4.78 is 25.9. The van der Waals surface area contributed by atoms with Crippen LogP contribution in [-0.4, -0.2) is 22.7 Å². The number of rotatable bonds is 3. The normalized spacial score (nSPS) is 13.3. The number of amides is 1. The van der Waals surface area contributed by atoms with Gasteiger partial charge in [-0.3, -0.25) is 4.79 Å². The highest BCUT2D eigenvalue weighted by molar-refractivity contribution is 6.33. The molecule has 100 valence electrons. The Labute approximate surface area is 109 Å². The van der Waals surface area contributed by atoms with Gasteiger partial charge in [0.2, 0.25) is 0 Å². The average molecular weight is 278 g/mol. The Morgan fingerprint density at radius 1 is 1.39 bits per heavy atom. The summed E-state index contributed by atoms with van der Waals surface area (Å²) >= 11 is 5.67. The van der Waals surface area contributed by atoms with Crippen LogP contribution in [0.5, 0.6) is 0 Å². The molecule has 0 saturated heterocycles. The van der Waals surface area contributed by atoms with Crippen molar-refractivity contribution in [1.29, 1.82) is 0 Å². The Kier molecular flexibility index (Phi) is 4.29. The Hall–Kier alpha value is -1.20. The molecule has 1 aromatic rings. The first kappa shape index (κ1) is 14.9. The predicted octanol–water partition coefficient (Wildman–Crippen LogP) is 2.51. The lowest BCUT2D eigenvalue weighted by Gasteiger charge is -2.29. The number of benzene rings is 1. The molecule has 0 saturated carbocycles. The lowest BCUT2D eigenvalue weighted by molar-refractivity contribution is 0.0709. The van der Waals surface area contributed by atoms with E-state index in [2.05, 4.69) is 5.32 Å².